The summed E-state index contributed by atoms with van der Waals surface area (Å²) in [5.41, 5.74) is 0.989. The molecule has 1 aromatic rings. The summed E-state index contributed by atoms with van der Waals surface area (Å²) in [5.74, 6) is 0. The van der Waals surface area contributed by atoms with Crippen molar-refractivity contribution < 1.29 is 10.2 Å². The number of aromatic nitrogens is 1. The number of nitrogens with zero attached hydrogens (tertiary/aromatic N) is 1. The average Bonchev–Trinajstić information content (AvgIpc) is 2.49. The van der Waals surface area contributed by atoms with Crippen molar-refractivity contribution in [2.45, 2.75) is 32.0 Å². The van der Waals surface area contributed by atoms with E-state index in [2.05, 4.69) is 4.98 Å². The number of hydrogen-bond donors (Lipinski definition) is 2. The first-order chi connectivity index (χ1) is 5.81. The van der Waals surface area contributed by atoms with Crippen molar-refractivity contribution in [2.24, 2.45) is 0 Å². The summed E-state index contributed by atoms with van der Waals surface area (Å²) in [4.78, 5) is 5.19. The van der Waals surface area contributed by atoms with Crippen molar-refractivity contribution in [3.05, 3.63) is 15.6 Å². The Labute approximate surface area is 74.7 Å². The molecule has 0 bridgehead atoms. The molecule has 0 spiro atoms. The average molecular weight is 185 g/mol. The van der Waals surface area contributed by atoms with E-state index in [9.17, 15) is 5.11 Å². The Morgan fingerprint density at radius 2 is 2.42 bits per heavy atom. The molecule has 2 N–H and O–H groups in total. The van der Waals surface area contributed by atoms with Crippen molar-refractivity contribution >= 4 is 11.3 Å². The Kier molecular flexibility index (Phi) is 2.12. The number of aryl methyl sites for hydroxylation is 1. The fraction of sp³-hybridized carbons (Fsp3) is 0.625. The SMILES string of the molecule is OCc1nc2c(s1)C(O)CCC2. The van der Waals surface area contributed by atoms with E-state index in [0.29, 0.717) is 0 Å². The quantitative estimate of drug-likeness (QED) is 0.686. The lowest BCUT2D eigenvalue weighted by Gasteiger charge is -2.14. The zero-order chi connectivity index (χ0) is 8.55. The van der Waals surface area contributed by atoms with Crippen LogP contribution in [-0.2, 0) is 13.0 Å². The second-order valence-corrected chi connectivity index (χ2v) is 4.10. The topological polar surface area (TPSA) is 53.4 Å². The Bertz CT molecular complexity index is 285. The van der Waals surface area contributed by atoms with Crippen LogP contribution >= 0.6 is 11.3 Å². The van der Waals surface area contributed by atoms with Crippen LogP contribution in [0, 0.1) is 0 Å². The van der Waals surface area contributed by atoms with Crippen LogP contribution in [0.5, 0.6) is 0 Å². The van der Waals surface area contributed by atoms with Crippen molar-refractivity contribution in [3.8, 4) is 0 Å². The van der Waals surface area contributed by atoms with Gasteiger partial charge in [0.25, 0.3) is 0 Å². The van der Waals surface area contributed by atoms with Crippen LogP contribution in [0.2, 0.25) is 0 Å². The minimum atomic E-state index is -0.341. The third kappa shape index (κ3) is 1.26. The van der Waals surface area contributed by atoms with E-state index in [1.807, 2.05) is 0 Å². The molecule has 0 saturated heterocycles. The van der Waals surface area contributed by atoms with Crippen LogP contribution in [0.25, 0.3) is 0 Å². The van der Waals surface area contributed by atoms with Gasteiger partial charge in [0.15, 0.2) is 0 Å². The molecule has 66 valence electrons. The minimum absolute atomic E-state index is 0.00954. The van der Waals surface area contributed by atoms with Crippen molar-refractivity contribution in [2.75, 3.05) is 0 Å². The summed E-state index contributed by atoms with van der Waals surface area (Å²) in [6.07, 6.45) is 2.44. The molecule has 1 aliphatic carbocycles. The van der Waals surface area contributed by atoms with Gasteiger partial charge >= 0.3 is 0 Å². The predicted octanol–water partition coefficient (Wildman–Crippen LogP) is 1.01. The molecule has 12 heavy (non-hydrogen) atoms. The van der Waals surface area contributed by atoms with E-state index < -0.39 is 0 Å². The molecule has 1 aromatic heterocycles. The molecule has 3 nitrogen and oxygen atoms in total. The Morgan fingerprint density at radius 1 is 1.58 bits per heavy atom. The minimum Gasteiger partial charge on any atom is -0.389 e. The number of fused-ring (bicyclic) bond motifs is 1. The van der Waals surface area contributed by atoms with Crippen LogP contribution < -0.4 is 0 Å². The van der Waals surface area contributed by atoms with Crippen molar-refractivity contribution in [1.82, 2.24) is 4.98 Å². The molecule has 1 atom stereocenters. The van der Waals surface area contributed by atoms with Gasteiger partial charge in [-0.05, 0) is 19.3 Å². The summed E-state index contributed by atoms with van der Waals surface area (Å²) in [7, 11) is 0. The van der Waals surface area contributed by atoms with Crippen LogP contribution in [0.1, 0.15) is 34.5 Å². The molecule has 1 unspecified atom stereocenters. The molecule has 0 fully saturated rings. The maximum atomic E-state index is 9.56. The van der Waals surface area contributed by atoms with Gasteiger partial charge in [-0.2, -0.15) is 0 Å². The van der Waals surface area contributed by atoms with Gasteiger partial charge < -0.3 is 10.2 Å². The lowest BCUT2D eigenvalue weighted by atomic mass is 10.0. The third-order valence-electron chi connectivity index (χ3n) is 2.10. The Hall–Kier alpha value is -0.450. The highest BCUT2D eigenvalue weighted by Crippen LogP contribution is 2.33. The molecule has 0 aliphatic heterocycles. The van der Waals surface area contributed by atoms with Crippen molar-refractivity contribution in [1.29, 1.82) is 0 Å². The lowest BCUT2D eigenvalue weighted by Crippen LogP contribution is -2.06. The first kappa shape index (κ1) is 8.16. The van der Waals surface area contributed by atoms with Gasteiger partial charge in [-0.3, -0.25) is 0 Å². The van der Waals surface area contributed by atoms with Gasteiger partial charge in [0.2, 0.25) is 0 Å². The van der Waals surface area contributed by atoms with Gasteiger partial charge in [0, 0.05) is 0 Å². The Balaban J connectivity index is 2.37. The number of aliphatic hydroxyl groups is 2. The molecule has 0 radical (unpaired) electrons. The highest BCUT2D eigenvalue weighted by Gasteiger charge is 2.22. The molecule has 0 amide bonds. The zero-order valence-corrected chi connectivity index (χ0v) is 7.47. The summed E-state index contributed by atoms with van der Waals surface area (Å²) in [6, 6.07) is 0. The number of hydrogen-bond acceptors (Lipinski definition) is 4. The van der Waals surface area contributed by atoms with E-state index in [0.717, 1.165) is 34.8 Å². The molecule has 2 rings (SSSR count). The fourth-order valence-corrected chi connectivity index (χ4v) is 2.51. The van der Waals surface area contributed by atoms with E-state index in [1.165, 1.54) is 11.3 Å². The number of rotatable bonds is 1. The summed E-state index contributed by atoms with van der Waals surface area (Å²) in [5, 5.41) is 19.1. The largest absolute Gasteiger partial charge is 0.389 e. The first-order valence-electron chi connectivity index (χ1n) is 4.08. The van der Waals surface area contributed by atoms with Crippen molar-refractivity contribution in [3.63, 3.8) is 0 Å². The maximum Gasteiger partial charge on any atom is 0.119 e. The number of aliphatic hydroxyl groups excluding tert-OH is 2. The normalized spacial score (nSPS) is 22.3. The standard InChI is InChI=1S/C8H11NO2S/c10-4-7-9-5-2-1-3-6(11)8(5)12-7/h6,10-11H,1-4H2. The van der Waals surface area contributed by atoms with E-state index >= 15 is 0 Å². The van der Waals surface area contributed by atoms with E-state index in [1.54, 1.807) is 0 Å². The van der Waals surface area contributed by atoms with Crippen LogP contribution in [0.15, 0.2) is 0 Å². The molecule has 4 heteroatoms. The van der Waals surface area contributed by atoms with Crippen LogP contribution in [0.4, 0.5) is 0 Å². The molecular formula is C8H11NO2S. The summed E-state index contributed by atoms with van der Waals surface area (Å²) in [6.45, 7) is -0.00954. The summed E-state index contributed by atoms with van der Waals surface area (Å²) >= 11 is 1.43. The lowest BCUT2D eigenvalue weighted by molar-refractivity contribution is 0.160. The highest BCUT2D eigenvalue weighted by atomic mass is 32.1. The fourth-order valence-electron chi connectivity index (χ4n) is 1.52. The van der Waals surface area contributed by atoms with E-state index in [-0.39, 0.29) is 12.7 Å². The van der Waals surface area contributed by atoms with Crippen LogP contribution in [-0.4, -0.2) is 15.2 Å². The van der Waals surface area contributed by atoms with Gasteiger partial charge in [-0.1, -0.05) is 0 Å². The van der Waals surface area contributed by atoms with Gasteiger partial charge in [0.05, 0.1) is 23.3 Å². The molecule has 1 aliphatic rings. The predicted molar refractivity (Wildman–Crippen MR) is 45.9 cm³/mol. The molecular weight excluding hydrogens is 174 g/mol. The second-order valence-electron chi connectivity index (χ2n) is 2.98. The second kappa shape index (κ2) is 3.12. The smallest absolute Gasteiger partial charge is 0.119 e. The number of thiazole rings is 1. The van der Waals surface area contributed by atoms with Gasteiger partial charge in [-0.25, -0.2) is 4.98 Å². The molecule has 0 saturated carbocycles. The third-order valence-corrected chi connectivity index (χ3v) is 3.28. The monoisotopic (exact) mass is 185 g/mol. The van der Waals surface area contributed by atoms with Gasteiger partial charge in [-0.15, -0.1) is 11.3 Å². The highest BCUT2D eigenvalue weighted by molar-refractivity contribution is 7.11. The maximum absolute atomic E-state index is 9.56. The van der Waals surface area contributed by atoms with E-state index in [4.69, 9.17) is 5.11 Å². The van der Waals surface area contributed by atoms with Gasteiger partial charge in [0.1, 0.15) is 5.01 Å². The molecule has 0 aromatic carbocycles. The zero-order valence-electron chi connectivity index (χ0n) is 6.66. The Morgan fingerprint density at radius 3 is 3.08 bits per heavy atom. The summed E-state index contributed by atoms with van der Waals surface area (Å²) < 4.78 is 0. The van der Waals surface area contributed by atoms with Crippen LogP contribution in [0.3, 0.4) is 0 Å². The first-order valence-corrected chi connectivity index (χ1v) is 4.90. The molecule has 1 heterocycles.